The summed E-state index contributed by atoms with van der Waals surface area (Å²) in [5.74, 6) is 5.56. The molecule has 0 saturated carbocycles. The third kappa shape index (κ3) is 1.96. The van der Waals surface area contributed by atoms with Gasteiger partial charge in [-0.25, -0.2) is 14.2 Å². The predicted octanol–water partition coefficient (Wildman–Crippen LogP) is -0.170. The van der Waals surface area contributed by atoms with E-state index in [2.05, 4.69) is 4.98 Å². The molecule has 0 bridgehead atoms. The molecule has 0 aliphatic rings. The first-order valence-electron chi connectivity index (χ1n) is 4.75. The maximum absolute atomic E-state index is 11.9. The third-order valence-corrected chi connectivity index (χ3v) is 2.84. The van der Waals surface area contributed by atoms with Crippen LogP contribution >= 0.6 is 11.8 Å². The number of nitrogens with zero attached hydrogens (tertiary/aromatic N) is 3. The van der Waals surface area contributed by atoms with Crippen LogP contribution in [-0.2, 0) is 0 Å². The highest BCUT2D eigenvalue weighted by atomic mass is 32.2. The molecule has 2 rings (SSSR count). The standard InChI is InChI=1S/C10H10N4O2S/c1-17-9-12-8(15)13(10(16)14(9)11)7-5-3-2-4-6-7/h2-6H,11H2,1H3. The van der Waals surface area contributed by atoms with Crippen molar-refractivity contribution in [3.05, 3.63) is 51.3 Å². The maximum Gasteiger partial charge on any atom is 0.358 e. The van der Waals surface area contributed by atoms with E-state index in [1.54, 1.807) is 36.6 Å². The van der Waals surface area contributed by atoms with Crippen molar-refractivity contribution in [2.45, 2.75) is 5.16 Å². The van der Waals surface area contributed by atoms with Gasteiger partial charge in [-0.15, -0.1) is 0 Å². The lowest BCUT2D eigenvalue weighted by Crippen LogP contribution is -2.44. The third-order valence-electron chi connectivity index (χ3n) is 2.18. The van der Waals surface area contributed by atoms with E-state index in [-0.39, 0.29) is 5.16 Å². The number of aromatic nitrogens is 3. The van der Waals surface area contributed by atoms with E-state index in [4.69, 9.17) is 5.84 Å². The molecule has 0 spiro atoms. The van der Waals surface area contributed by atoms with E-state index in [1.165, 1.54) is 0 Å². The highest BCUT2D eigenvalue weighted by molar-refractivity contribution is 7.98. The number of benzene rings is 1. The Hall–Kier alpha value is -2.02. The summed E-state index contributed by atoms with van der Waals surface area (Å²) in [7, 11) is 0. The molecule has 0 atom stereocenters. The van der Waals surface area contributed by atoms with Crippen molar-refractivity contribution in [1.82, 2.24) is 14.2 Å². The molecule has 0 unspecified atom stereocenters. The zero-order valence-electron chi connectivity index (χ0n) is 9.03. The van der Waals surface area contributed by atoms with Crippen LogP contribution in [0.1, 0.15) is 0 Å². The highest BCUT2D eigenvalue weighted by Gasteiger charge is 2.11. The van der Waals surface area contributed by atoms with Crippen LogP contribution in [0.4, 0.5) is 0 Å². The summed E-state index contributed by atoms with van der Waals surface area (Å²) in [5, 5.41) is 0.187. The Morgan fingerprint density at radius 2 is 1.88 bits per heavy atom. The quantitative estimate of drug-likeness (QED) is 0.591. The summed E-state index contributed by atoms with van der Waals surface area (Å²) in [6, 6.07) is 8.53. The van der Waals surface area contributed by atoms with Crippen molar-refractivity contribution in [2.24, 2.45) is 0 Å². The summed E-state index contributed by atoms with van der Waals surface area (Å²) >= 11 is 1.14. The van der Waals surface area contributed by atoms with Crippen molar-refractivity contribution in [3.8, 4) is 5.69 Å². The van der Waals surface area contributed by atoms with Crippen LogP contribution < -0.4 is 17.2 Å². The second kappa shape index (κ2) is 4.46. The first-order chi connectivity index (χ1) is 8.15. The minimum Gasteiger partial charge on any atom is -0.333 e. The van der Waals surface area contributed by atoms with Crippen LogP contribution in [-0.4, -0.2) is 20.5 Å². The second-order valence-corrected chi connectivity index (χ2v) is 3.98. The maximum atomic E-state index is 11.9. The van der Waals surface area contributed by atoms with Crippen molar-refractivity contribution in [3.63, 3.8) is 0 Å². The Morgan fingerprint density at radius 3 is 2.47 bits per heavy atom. The largest absolute Gasteiger partial charge is 0.358 e. The van der Waals surface area contributed by atoms with Gasteiger partial charge in [0, 0.05) is 0 Å². The average molecular weight is 250 g/mol. The van der Waals surface area contributed by atoms with Crippen molar-refractivity contribution in [1.29, 1.82) is 0 Å². The Bertz CT molecular complexity index is 648. The van der Waals surface area contributed by atoms with E-state index in [0.717, 1.165) is 21.0 Å². The van der Waals surface area contributed by atoms with Crippen LogP contribution in [0.2, 0.25) is 0 Å². The number of nitrogen functional groups attached to an aromatic ring is 1. The lowest BCUT2D eigenvalue weighted by atomic mass is 10.3. The number of para-hydroxylation sites is 1. The lowest BCUT2D eigenvalue weighted by Gasteiger charge is -2.08. The van der Waals surface area contributed by atoms with Crippen LogP contribution in [0.25, 0.3) is 5.69 Å². The average Bonchev–Trinajstić information content (AvgIpc) is 2.35. The summed E-state index contributed by atoms with van der Waals surface area (Å²) in [6.07, 6.45) is 1.69. The first-order valence-corrected chi connectivity index (χ1v) is 5.98. The molecule has 0 amide bonds. The SMILES string of the molecule is CSc1nc(=O)n(-c2ccccc2)c(=O)n1N. The van der Waals surface area contributed by atoms with Gasteiger partial charge in [-0.2, -0.15) is 9.66 Å². The molecule has 0 fully saturated rings. The number of thioether (sulfide) groups is 1. The van der Waals surface area contributed by atoms with E-state index in [1.807, 2.05) is 0 Å². The van der Waals surface area contributed by atoms with Gasteiger partial charge in [-0.3, -0.25) is 0 Å². The zero-order chi connectivity index (χ0) is 12.4. The Labute approximate surface area is 101 Å². The molecule has 17 heavy (non-hydrogen) atoms. The van der Waals surface area contributed by atoms with Gasteiger partial charge in [0.25, 0.3) is 0 Å². The normalized spacial score (nSPS) is 10.4. The van der Waals surface area contributed by atoms with E-state index in [9.17, 15) is 9.59 Å². The Balaban J connectivity index is 2.77. The molecule has 7 heteroatoms. The highest BCUT2D eigenvalue weighted by Crippen LogP contribution is 2.05. The summed E-state index contributed by atoms with van der Waals surface area (Å²) < 4.78 is 1.79. The smallest absolute Gasteiger partial charge is 0.333 e. The van der Waals surface area contributed by atoms with Gasteiger partial charge in [0.05, 0.1) is 5.69 Å². The molecule has 0 aliphatic heterocycles. The van der Waals surface area contributed by atoms with Gasteiger partial charge >= 0.3 is 11.4 Å². The topological polar surface area (TPSA) is 82.9 Å². The lowest BCUT2D eigenvalue weighted by molar-refractivity contribution is 0.644. The minimum absolute atomic E-state index is 0.187. The summed E-state index contributed by atoms with van der Waals surface area (Å²) in [5.41, 5.74) is -0.797. The predicted molar refractivity (Wildman–Crippen MR) is 66.0 cm³/mol. The fraction of sp³-hybridized carbons (Fsp3) is 0.100. The van der Waals surface area contributed by atoms with Crippen molar-refractivity contribution < 1.29 is 0 Å². The van der Waals surface area contributed by atoms with Crippen molar-refractivity contribution in [2.75, 3.05) is 12.1 Å². The van der Waals surface area contributed by atoms with E-state index < -0.39 is 11.4 Å². The molecule has 2 aromatic rings. The fourth-order valence-electron chi connectivity index (χ4n) is 1.40. The molecule has 2 N–H and O–H groups in total. The molecule has 0 saturated heterocycles. The van der Waals surface area contributed by atoms with Gasteiger partial charge in [0.1, 0.15) is 0 Å². The number of hydrogen-bond acceptors (Lipinski definition) is 5. The van der Waals surface area contributed by atoms with Gasteiger partial charge in [-0.05, 0) is 18.4 Å². The van der Waals surface area contributed by atoms with Crippen LogP contribution in [0, 0.1) is 0 Å². The van der Waals surface area contributed by atoms with Gasteiger partial charge < -0.3 is 5.84 Å². The fourth-order valence-corrected chi connectivity index (χ4v) is 1.84. The molecular weight excluding hydrogens is 240 g/mol. The Morgan fingerprint density at radius 1 is 1.24 bits per heavy atom. The first kappa shape index (κ1) is 11.5. The molecule has 0 radical (unpaired) electrons. The molecule has 6 nitrogen and oxygen atoms in total. The second-order valence-electron chi connectivity index (χ2n) is 3.20. The molecular formula is C10H10N4O2S. The molecule has 88 valence electrons. The number of hydrogen-bond donors (Lipinski definition) is 1. The molecule has 0 aliphatic carbocycles. The van der Waals surface area contributed by atoms with Crippen LogP contribution in [0.15, 0.2) is 45.1 Å². The number of rotatable bonds is 2. The van der Waals surface area contributed by atoms with Crippen LogP contribution in [0.3, 0.4) is 0 Å². The van der Waals surface area contributed by atoms with Gasteiger partial charge in [-0.1, -0.05) is 30.0 Å². The minimum atomic E-state index is -0.632. The number of nitrogens with two attached hydrogens (primary N) is 1. The molecule has 1 aromatic heterocycles. The molecule has 1 heterocycles. The van der Waals surface area contributed by atoms with Gasteiger partial charge in [0.2, 0.25) is 0 Å². The summed E-state index contributed by atoms with van der Waals surface area (Å²) in [4.78, 5) is 27.4. The Kier molecular flexibility index (Phi) is 3.01. The summed E-state index contributed by atoms with van der Waals surface area (Å²) in [6.45, 7) is 0. The molecule has 1 aromatic carbocycles. The van der Waals surface area contributed by atoms with Gasteiger partial charge in [0.15, 0.2) is 5.16 Å². The van der Waals surface area contributed by atoms with Crippen LogP contribution in [0.5, 0.6) is 0 Å². The van der Waals surface area contributed by atoms with E-state index in [0.29, 0.717) is 5.69 Å². The van der Waals surface area contributed by atoms with E-state index >= 15 is 0 Å². The zero-order valence-corrected chi connectivity index (χ0v) is 9.85. The monoisotopic (exact) mass is 250 g/mol. The van der Waals surface area contributed by atoms with Crippen molar-refractivity contribution >= 4 is 11.8 Å².